The second-order valence-electron chi connectivity index (χ2n) is 6.37. The minimum absolute atomic E-state index is 0.0845. The van der Waals surface area contributed by atoms with Crippen LogP contribution in [0.4, 0.5) is 10.5 Å². The molecule has 5 heteroatoms. The Bertz CT molecular complexity index is 561. The van der Waals surface area contributed by atoms with Crippen LogP contribution in [-0.4, -0.2) is 27.6 Å². The van der Waals surface area contributed by atoms with E-state index in [0.29, 0.717) is 5.69 Å². The number of aromatic nitrogens is 1. The minimum Gasteiger partial charge on any atom is -0.443 e. The van der Waals surface area contributed by atoms with Crippen LogP contribution in [0.25, 0.3) is 5.70 Å². The Kier molecular flexibility index (Phi) is 4.21. The van der Waals surface area contributed by atoms with E-state index in [1.807, 2.05) is 39.8 Å². The molecule has 1 aliphatic heterocycles. The SMILES string of the molecule is CC1CCC=C(c2cncc(N)c2)N1C(=O)OC(C)(C)C. The Morgan fingerprint density at radius 1 is 1.43 bits per heavy atom. The van der Waals surface area contributed by atoms with Crippen molar-refractivity contribution in [2.75, 3.05) is 5.73 Å². The Hall–Kier alpha value is -2.04. The van der Waals surface area contributed by atoms with Crippen molar-refractivity contribution in [2.24, 2.45) is 0 Å². The van der Waals surface area contributed by atoms with E-state index >= 15 is 0 Å². The first-order chi connectivity index (χ1) is 9.78. The second kappa shape index (κ2) is 5.76. The third-order valence-corrected chi connectivity index (χ3v) is 3.27. The third-order valence-electron chi connectivity index (χ3n) is 3.27. The molecule has 0 aliphatic carbocycles. The van der Waals surface area contributed by atoms with Gasteiger partial charge in [0, 0.05) is 24.0 Å². The summed E-state index contributed by atoms with van der Waals surface area (Å²) in [6.07, 6.45) is 6.86. The normalized spacial score (nSPS) is 19.1. The van der Waals surface area contributed by atoms with Crippen molar-refractivity contribution in [1.29, 1.82) is 0 Å². The molecule has 21 heavy (non-hydrogen) atoms. The fourth-order valence-corrected chi connectivity index (χ4v) is 2.37. The van der Waals surface area contributed by atoms with E-state index in [0.717, 1.165) is 24.1 Å². The molecule has 0 aromatic carbocycles. The highest BCUT2D eigenvalue weighted by Crippen LogP contribution is 2.30. The summed E-state index contributed by atoms with van der Waals surface area (Å²) in [7, 11) is 0. The van der Waals surface area contributed by atoms with Crippen LogP contribution in [-0.2, 0) is 4.74 Å². The highest BCUT2D eigenvalue weighted by molar-refractivity contribution is 5.83. The number of rotatable bonds is 1. The maximum atomic E-state index is 12.5. The largest absolute Gasteiger partial charge is 0.443 e. The Labute approximate surface area is 125 Å². The molecular weight excluding hydrogens is 266 g/mol. The van der Waals surface area contributed by atoms with Gasteiger partial charge in [-0.15, -0.1) is 0 Å². The fourth-order valence-electron chi connectivity index (χ4n) is 2.37. The van der Waals surface area contributed by atoms with Gasteiger partial charge in [-0.05, 0) is 46.6 Å². The molecule has 0 saturated heterocycles. The molecule has 0 bridgehead atoms. The molecule has 114 valence electrons. The van der Waals surface area contributed by atoms with Crippen molar-refractivity contribution < 1.29 is 9.53 Å². The van der Waals surface area contributed by atoms with Gasteiger partial charge < -0.3 is 10.5 Å². The molecule has 2 rings (SSSR count). The summed E-state index contributed by atoms with van der Waals surface area (Å²) < 4.78 is 5.52. The van der Waals surface area contributed by atoms with E-state index in [2.05, 4.69) is 4.98 Å². The lowest BCUT2D eigenvalue weighted by Gasteiger charge is -2.36. The summed E-state index contributed by atoms with van der Waals surface area (Å²) in [5, 5.41) is 0. The van der Waals surface area contributed by atoms with Crippen LogP contribution in [0.2, 0.25) is 0 Å². The zero-order valence-corrected chi connectivity index (χ0v) is 13.1. The van der Waals surface area contributed by atoms with Gasteiger partial charge in [0.1, 0.15) is 5.60 Å². The van der Waals surface area contributed by atoms with Gasteiger partial charge in [-0.1, -0.05) is 6.08 Å². The lowest BCUT2D eigenvalue weighted by Crippen LogP contribution is -2.42. The van der Waals surface area contributed by atoms with Gasteiger partial charge in [0.05, 0.1) is 11.4 Å². The number of nitrogens with two attached hydrogens (primary N) is 1. The zero-order chi connectivity index (χ0) is 15.6. The zero-order valence-electron chi connectivity index (χ0n) is 13.1. The number of hydrogen-bond acceptors (Lipinski definition) is 4. The van der Waals surface area contributed by atoms with E-state index in [9.17, 15) is 4.79 Å². The summed E-state index contributed by atoms with van der Waals surface area (Å²) in [4.78, 5) is 18.3. The second-order valence-corrected chi connectivity index (χ2v) is 6.37. The monoisotopic (exact) mass is 289 g/mol. The van der Waals surface area contributed by atoms with Crippen molar-refractivity contribution in [3.63, 3.8) is 0 Å². The molecule has 0 saturated carbocycles. The first-order valence-electron chi connectivity index (χ1n) is 7.21. The average molecular weight is 289 g/mol. The van der Waals surface area contributed by atoms with Crippen molar-refractivity contribution >= 4 is 17.5 Å². The Morgan fingerprint density at radius 3 is 2.76 bits per heavy atom. The molecule has 1 amide bonds. The van der Waals surface area contributed by atoms with Gasteiger partial charge >= 0.3 is 6.09 Å². The molecule has 1 unspecified atom stereocenters. The fraction of sp³-hybridized carbons (Fsp3) is 0.500. The van der Waals surface area contributed by atoms with E-state index in [1.165, 1.54) is 0 Å². The summed E-state index contributed by atoms with van der Waals surface area (Å²) in [6, 6.07) is 1.91. The van der Waals surface area contributed by atoms with Crippen LogP contribution < -0.4 is 5.73 Å². The summed E-state index contributed by atoms with van der Waals surface area (Å²) in [5.41, 5.74) is 7.52. The molecule has 0 fully saturated rings. The minimum atomic E-state index is -0.521. The molecule has 2 N–H and O–H groups in total. The number of ether oxygens (including phenoxy) is 1. The number of carbonyl (C=O) groups excluding carboxylic acids is 1. The van der Waals surface area contributed by atoms with Crippen molar-refractivity contribution in [1.82, 2.24) is 9.88 Å². The highest BCUT2D eigenvalue weighted by atomic mass is 16.6. The van der Waals surface area contributed by atoms with Gasteiger partial charge in [0.25, 0.3) is 0 Å². The van der Waals surface area contributed by atoms with Crippen LogP contribution in [0.15, 0.2) is 24.5 Å². The molecule has 1 aromatic heterocycles. The number of carbonyl (C=O) groups is 1. The smallest absolute Gasteiger partial charge is 0.415 e. The quantitative estimate of drug-likeness (QED) is 0.860. The van der Waals surface area contributed by atoms with Gasteiger partial charge in [0.15, 0.2) is 0 Å². The first-order valence-corrected chi connectivity index (χ1v) is 7.21. The van der Waals surface area contributed by atoms with Crippen molar-refractivity contribution in [3.8, 4) is 0 Å². The summed E-state index contributed by atoms with van der Waals surface area (Å²) >= 11 is 0. The van der Waals surface area contributed by atoms with E-state index in [4.69, 9.17) is 10.5 Å². The van der Waals surface area contributed by atoms with E-state index in [1.54, 1.807) is 17.3 Å². The Balaban J connectivity index is 2.33. The molecule has 2 heterocycles. The first kappa shape index (κ1) is 15.4. The molecule has 0 spiro atoms. The predicted molar refractivity (Wildman–Crippen MR) is 83.4 cm³/mol. The average Bonchev–Trinajstić information content (AvgIpc) is 2.36. The number of nitrogens with zero attached hydrogens (tertiary/aromatic N) is 2. The van der Waals surface area contributed by atoms with Gasteiger partial charge in [0.2, 0.25) is 0 Å². The van der Waals surface area contributed by atoms with Crippen molar-refractivity contribution in [2.45, 2.75) is 52.2 Å². The maximum Gasteiger partial charge on any atom is 0.415 e. The van der Waals surface area contributed by atoms with Crippen LogP contribution >= 0.6 is 0 Å². The Morgan fingerprint density at radius 2 is 2.14 bits per heavy atom. The van der Waals surface area contributed by atoms with Crippen LogP contribution in [0.5, 0.6) is 0 Å². The lowest BCUT2D eigenvalue weighted by atomic mass is 10.0. The number of hydrogen-bond donors (Lipinski definition) is 1. The van der Waals surface area contributed by atoms with Crippen LogP contribution in [0.3, 0.4) is 0 Å². The number of pyridine rings is 1. The standard InChI is InChI=1S/C16H23N3O2/c1-11-6-5-7-14(12-8-13(17)10-18-9-12)19(11)15(20)21-16(2,3)4/h7-11H,5-6,17H2,1-4H3. The van der Waals surface area contributed by atoms with Gasteiger partial charge in [-0.2, -0.15) is 0 Å². The van der Waals surface area contributed by atoms with Crippen LogP contribution in [0, 0.1) is 0 Å². The maximum absolute atomic E-state index is 12.5. The molecular formula is C16H23N3O2. The number of amides is 1. The van der Waals surface area contributed by atoms with Gasteiger partial charge in [-0.3, -0.25) is 9.88 Å². The molecule has 1 aromatic rings. The molecule has 1 atom stereocenters. The van der Waals surface area contributed by atoms with E-state index in [-0.39, 0.29) is 12.1 Å². The summed E-state index contributed by atoms with van der Waals surface area (Å²) in [5.74, 6) is 0. The topological polar surface area (TPSA) is 68.5 Å². The van der Waals surface area contributed by atoms with E-state index < -0.39 is 5.60 Å². The third kappa shape index (κ3) is 3.74. The van der Waals surface area contributed by atoms with Crippen molar-refractivity contribution in [3.05, 3.63) is 30.1 Å². The van der Waals surface area contributed by atoms with Crippen LogP contribution in [0.1, 0.15) is 46.1 Å². The number of allylic oxidation sites excluding steroid dienone is 1. The molecule has 0 radical (unpaired) electrons. The highest BCUT2D eigenvalue weighted by Gasteiger charge is 2.31. The van der Waals surface area contributed by atoms with Gasteiger partial charge in [-0.25, -0.2) is 4.79 Å². The number of anilines is 1. The molecule has 5 nitrogen and oxygen atoms in total. The molecule has 1 aliphatic rings. The predicted octanol–water partition coefficient (Wildman–Crippen LogP) is 3.42. The summed E-state index contributed by atoms with van der Waals surface area (Å²) in [6.45, 7) is 7.62. The lowest BCUT2D eigenvalue weighted by molar-refractivity contribution is 0.0289. The number of nitrogen functional groups attached to an aromatic ring is 1.